The third-order valence-corrected chi connectivity index (χ3v) is 3.44. The van der Waals surface area contributed by atoms with Crippen molar-refractivity contribution >= 4 is 11.6 Å². The second kappa shape index (κ2) is 5.93. The zero-order chi connectivity index (χ0) is 13.8. The Kier molecular flexibility index (Phi) is 4.27. The molecular formula is C14H20N2O3. The second-order valence-electron chi connectivity index (χ2n) is 4.94. The monoisotopic (exact) mass is 264 g/mol. The lowest BCUT2D eigenvalue weighted by Gasteiger charge is -2.28. The number of hydrogen-bond donors (Lipinski definition) is 3. The zero-order valence-corrected chi connectivity index (χ0v) is 11.2. The van der Waals surface area contributed by atoms with Crippen LogP contribution in [0.4, 0.5) is 5.69 Å². The fraction of sp³-hybridized carbons (Fsp3) is 0.500. The highest BCUT2D eigenvalue weighted by molar-refractivity contribution is 5.83. The van der Waals surface area contributed by atoms with E-state index in [4.69, 9.17) is 9.84 Å². The van der Waals surface area contributed by atoms with Crippen LogP contribution in [-0.2, 0) is 4.79 Å². The van der Waals surface area contributed by atoms with Gasteiger partial charge in [0, 0.05) is 12.6 Å². The molecule has 2 rings (SSSR count). The van der Waals surface area contributed by atoms with Crippen molar-refractivity contribution in [2.75, 3.05) is 18.5 Å². The number of para-hydroxylation sites is 2. The molecule has 1 heterocycles. The van der Waals surface area contributed by atoms with Crippen LogP contribution in [0.1, 0.15) is 13.8 Å². The predicted octanol–water partition coefficient (Wildman–Crippen LogP) is 0.993. The molecule has 3 unspecified atom stereocenters. The Hall–Kier alpha value is -1.75. The van der Waals surface area contributed by atoms with Crippen LogP contribution in [-0.4, -0.2) is 36.3 Å². The number of anilines is 1. The number of fused-ring (bicyclic) bond motifs is 1. The number of carbonyl (C=O) groups is 1. The van der Waals surface area contributed by atoms with Crippen molar-refractivity contribution in [2.24, 2.45) is 5.92 Å². The van der Waals surface area contributed by atoms with E-state index < -0.39 is 6.10 Å². The Morgan fingerprint density at radius 3 is 3.00 bits per heavy atom. The number of aliphatic hydroxyl groups excluding tert-OH is 1. The summed E-state index contributed by atoms with van der Waals surface area (Å²) in [4.78, 5) is 12.1. The van der Waals surface area contributed by atoms with Crippen molar-refractivity contribution < 1.29 is 14.6 Å². The molecular weight excluding hydrogens is 244 g/mol. The van der Waals surface area contributed by atoms with E-state index in [1.807, 2.05) is 38.1 Å². The number of rotatable bonds is 4. The van der Waals surface area contributed by atoms with Crippen LogP contribution in [0.25, 0.3) is 0 Å². The lowest BCUT2D eigenvalue weighted by molar-refractivity contribution is -0.128. The number of amides is 1. The first kappa shape index (κ1) is 13.7. The first-order valence-electron chi connectivity index (χ1n) is 6.52. The smallest absolute Gasteiger partial charge is 0.263 e. The zero-order valence-electron chi connectivity index (χ0n) is 11.2. The van der Waals surface area contributed by atoms with Gasteiger partial charge in [0.25, 0.3) is 5.91 Å². The molecule has 0 saturated carbocycles. The van der Waals surface area contributed by atoms with Gasteiger partial charge in [-0.05, 0) is 25.0 Å². The molecule has 1 aliphatic heterocycles. The summed E-state index contributed by atoms with van der Waals surface area (Å²) in [7, 11) is 0. The van der Waals surface area contributed by atoms with Gasteiger partial charge in [-0.2, -0.15) is 0 Å². The Morgan fingerprint density at radius 1 is 1.53 bits per heavy atom. The molecule has 0 aliphatic carbocycles. The second-order valence-corrected chi connectivity index (χ2v) is 4.94. The molecule has 19 heavy (non-hydrogen) atoms. The van der Waals surface area contributed by atoms with E-state index in [-0.39, 0.29) is 24.5 Å². The fourth-order valence-corrected chi connectivity index (χ4v) is 1.88. The Balaban J connectivity index is 1.95. The predicted molar refractivity (Wildman–Crippen MR) is 73.2 cm³/mol. The normalized spacial score (nSPS) is 20.5. The molecule has 3 N–H and O–H groups in total. The van der Waals surface area contributed by atoms with Crippen molar-refractivity contribution in [2.45, 2.75) is 26.0 Å². The highest BCUT2D eigenvalue weighted by Crippen LogP contribution is 2.28. The SMILES string of the molecule is CC(CO)C(C)NC(=O)C1CNc2ccccc2O1. The van der Waals surface area contributed by atoms with Crippen molar-refractivity contribution in [1.29, 1.82) is 0 Å². The van der Waals surface area contributed by atoms with Crippen LogP contribution in [0.5, 0.6) is 5.75 Å². The van der Waals surface area contributed by atoms with Crippen molar-refractivity contribution in [3.8, 4) is 5.75 Å². The van der Waals surface area contributed by atoms with Gasteiger partial charge >= 0.3 is 0 Å². The summed E-state index contributed by atoms with van der Waals surface area (Å²) in [5, 5.41) is 15.1. The first-order valence-corrected chi connectivity index (χ1v) is 6.52. The molecule has 3 atom stereocenters. The van der Waals surface area contributed by atoms with Crippen molar-refractivity contribution in [3.63, 3.8) is 0 Å². The molecule has 0 aromatic heterocycles. The maximum Gasteiger partial charge on any atom is 0.263 e. The Morgan fingerprint density at radius 2 is 2.26 bits per heavy atom. The topological polar surface area (TPSA) is 70.6 Å². The summed E-state index contributed by atoms with van der Waals surface area (Å²) in [6, 6.07) is 7.46. The number of hydrogen-bond acceptors (Lipinski definition) is 4. The first-order chi connectivity index (χ1) is 9.11. The summed E-state index contributed by atoms with van der Waals surface area (Å²) in [5.74, 6) is 0.555. The number of ether oxygens (including phenoxy) is 1. The average Bonchev–Trinajstić information content (AvgIpc) is 2.45. The third-order valence-electron chi connectivity index (χ3n) is 3.44. The van der Waals surface area contributed by atoms with Crippen molar-refractivity contribution in [3.05, 3.63) is 24.3 Å². The Bertz CT molecular complexity index is 450. The summed E-state index contributed by atoms with van der Waals surface area (Å²) in [5.41, 5.74) is 0.906. The van der Waals surface area contributed by atoms with Crippen LogP contribution >= 0.6 is 0 Å². The number of aliphatic hydroxyl groups is 1. The molecule has 0 bridgehead atoms. The summed E-state index contributed by atoms with van der Waals surface area (Å²) in [6.07, 6.45) is -0.539. The van der Waals surface area contributed by atoms with Crippen molar-refractivity contribution in [1.82, 2.24) is 5.32 Å². The Labute approximate surface area is 113 Å². The van der Waals surface area contributed by atoms with E-state index in [1.54, 1.807) is 0 Å². The number of benzene rings is 1. The van der Waals surface area contributed by atoms with Crippen LogP contribution in [0.2, 0.25) is 0 Å². The molecule has 1 aliphatic rings. The van der Waals surface area contributed by atoms with E-state index in [9.17, 15) is 4.79 Å². The molecule has 1 amide bonds. The largest absolute Gasteiger partial charge is 0.477 e. The number of nitrogens with one attached hydrogen (secondary N) is 2. The van der Waals surface area contributed by atoms with Crippen LogP contribution < -0.4 is 15.4 Å². The van der Waals surface area contributed by atoms with Gasteiger partial charge < -0.3 is 20.5 Å². The van der Waals surface area contributed by atoms with E-state index in [0.717, 1.165) is 5.69 Å². The van der Waals surface area contributed by atoms with Gasteiger partial charge in [-0.25, -0.2) is 0 Å². The standard InChI is InChI=1S/C14H20N2O3/c1-9(8-17)10(2)16-14(18)13-7-15-11-5-3-4-6-12(11)19-13/h3-6,9-10,13,15,17H,7-8H2,1-2H3,(H,16,18). The van der Waals surface area contributed by atoms with E-state index >= 15 is 0 Å². The van der Waals surface area contributed by atoms with Gasteiger partial charge in [0.15, 0.2) is 6.10 Å². The molecule has 5 nitrogen and oxygen atoms in total. The van der Waals surface area contributed by atoms with Gasteiger partial charge in [0.1, 0.15) is 5.75 Å². The highest BCUT2D eigenvalue weighted by Gasteiger charge is 2.27. The maximum absolute atomic E-state index is 12.1. The third kappa shape index (κ3) is 3.17. The summed E-state index contributed by atoms with van der Waals surface area (Å²) in [6.45, 7) is 4.26. The highest BCUT2D eigenvalue weighted by atomic mass is 16.5. The average molecular weight is 264 g/mol. The number of carbonyl (C=O) groups excluding carboxylic acids is 1. The molecule has 0 radical (unpaired) electrons. The minimum atomic E-state index is -0.539. The molecule has 104 valence electrons. The summed E-state index contributed by atoms with van der Waals surface area (Å²) < 4.78 is 5.67. The fourth-order valence-electron chi connectivity index (χ4n) is 1.88. The maximum atomic E-state index is 12.1. The molecule has 5 heteroatoms. The van der Waals surface area contributed by atoms with Gasteiger partial charge in [-0.3, -0.25) is 4.79 Å². The molecule has 0 spiro atoms. The van der Waals surface area contributed by atoms with Gasteiger partial charge in [0.05, 0.1) is 12.2 Å². The van der Waals surface area contributed by atoms with Crippen LogP contribution in [0.15, 0.2) is 24.3 Å². The lowest BCUT2D eigenvalue weighted by atomic mass is 10.0. The van der Waals surface area contributed by atoms with Gasteiger partial charge in [0.2, 0.25) is 0 Å². The quantitative estimate of drug-likeness (QED) is 0.758. The molecule has 1 aromatic rings. The molecule has 1 aromatic carbocycles. The molecule has 0 saturated heterocycles. The van der Waals surface area contributed by atoms with Crippen LogP contribution in [0.3, 0.4) is 0 Å². The lowest BCUT2D eigenvalue weighted by Crippen LogP contribution is -2.49. The van der Waals surface area contributed by atoms with Crippen LogP contribution in [0, 0.1) is 5.92 Å². The van der Waals surface area contributed by atoms with E-state index in [1.165, 1.54) is 0 Å². The summed E-state index contributed by atoms with van der Waals surface area (Å²) >= 11 is 0. The minimum absolute atomic E-state index is 0.0211. The minimum Gasteiger partial charge on any atom is -0.477 e. The van der Waals surface area contributed by atoms with Gasteiger partial charge in [-0.15, -0.1) is 0 Å². The van der Waals surface area contributed by atoms with E-state index in [0.29, 0.717) is 12.3 Å². The molecule has 0 fully saturated rings. The van der Waals surface area contributed by atoms with Gasteiger partial charge in [-0.1, -0.05) is 19.1 Å². The van der Waals surface area contributed by atoms with E-state index in [2.05, 4.69) is 10.6 Å².